The van der Waals surface area contributed by atoms with Gasteiger partial charge in [-0.05, 0) is 18.4 Å². The molecule has 0 atom stereocenters. The van der Waals surface area contributed by atoms with Crippen LogP contribution in [0.2, 0.25) is 0 Å². The fourth-order valence-electron chi connectivity index (χ4n) is 1.83. The standard InChI is InChI=1S/C10H18BrF2N/c1-9(2,6-11)7-14-5-3-4-10(12,13)8-14/h3-8H2,1-2H3. The number of hydrogen-bond donors (Lipinski definition) is 0. The van der Waals surface area contributed by atoms with Crippen molar-refractivity contribution in [3.8, 4) is 0 Å². The van der Waals surface area contributed by atoms with Crippen LogP contribution in [0.25, 0.3) is 0 Å². The molecule has 0 aromatic rings. The summed E-state index contributed by atoms with van der Waals surface area (Å²) in [5, 5.41) is 0.849. The molecule has 1 aliphatic rings. The molecule has 0 spiro atoms. The molecule has 0 amide bonds. The molecule has 0 aromatic carbocycles. The van der Waals surface area contributed by atoms with Gasteiger partial charge in [-0.1, -0.05) is 29.8 Å². The first-order valence-corrected chi connectivity index (χ1v) is 6.13. The van der Waals surface area contributed by atoms with Gasteiger partial charge in [0.2, 0.25) is 0 Å². The molecule has 0 N–H and O–H groups in total. The lowest BCUT2D eigenvalue weighted by Gasteiger charge is -2.37. The number of nitrogens with zero attached hydrogens (tertiary/aromatic N) is 1. The summed E-state index contributed by atoms with van der Waals surface area (Å²) in [5.41, 5.74) is 0.0768. The van der Waals surface area contributed by atoms with E-state index in [-0.39, 0.29) is 18.4 Å². The van der Waals surface area contributed by atoms with Gasteiger partial charge in [0.15, 0.2) is 0 Å². The summed E-state index contributed by atoms with van der Waals surface area (Å²) in [7, 11) is 0. The summed E-state index contributed by atoms with van der Waals surface area (Å²) < 4.78 is 26.2. The van der Waals surface area contributed by atoms with Crippen LogP contribution in [-0.4, -0.2) is 35.8 Å². The molecule has 1 nitrogen and oxygen atoms in total. The van der Waals surface area contributed by atoms with Crippen LogP contribution >= 0.6 is 15.9 Å². The number of piperidine rings is 1. The van der Waals surface area contributed by atoms with Crippen LogP contribution in [0.1, 0.15) is 26.7 Å². The first-order chi connectivity index (χ1) is 6.35. The molecule has 1 saturated heterocycles. The molecule has 0 saturated carbocycles. The Morgan fingerprint density at radius 3 is 2.57 bits per heavy atom. The fraction of sp³-hybridized carbons (Fsp3) is 1.00. The summed E-state index contributed by atoms with van der Waals surface area (Å²) in [6.45, 7) is 5.67. The van der Waals surface area contributed by atoms with E-state index >= 15 is 0 Å². The van der Waals surface area contributed by atoms with Crippen molar-refractivity contribution in [1.82, 2.24) is 4.90 Å². The van der Waals surface area contributed by atoms with Crippen LogP contribution in [0.15, 0.2) is 0 Å². The number of alkyl halides is 3. The summed E-state index contributed by atoms with van der Waals surface area (Å²) in [4.78, 5) is 1.88. The van der Waals surface area contributed by atoms with Crippen molar-refractivity contribution in [3.63, 3.8) is 0 Å². The molecule has 1 aliphatic heterocycles. The van der Waals surface area contributed by atoms with E-state index in [1.54, 1.807) is 0 Å². The van der Waals surface area contributed by atoms with Crippen molar-refractivity contribution in [2.45, 2.75) is 32.6 Å². The third kappa shape index (κ3) is 3.81. The molecule has 0 bridgehead atoms. The van der Waals surface area contributed by atoms with Gasteiger partial charge in [0.25, 0.3) is 5.92 Å². The third-order valence-corrected chi connectivity index (χ3v) is 4.00. The lowest BCUT2D eigenvalue weighted by molar-refractivity contribution is -0.0696. The molecular weight excluding hydrogens is 252 g/mol. The van der Waals surface area contributed by atoms with E-state index in [2.05, 4.69) is 29.8 Å². The zero-order valence-corrected chi connectivity index (χ0v) is 10.4. The Morgan fingerprint density at radius 1 is 1.43 bits per heavy atom. The predicted molar refractivity (Wildman–Crippen MR) is 58.2 cm³/mol. The van der Waals surface area contributed by atoms with Gasteiger partial charge in [0.1, 0.15) is 0 Å². The largest absolute Gasteiger partial charge is 0.297 e. The third-order valence-electron chi connectivity index (χ3n) is 2.49. The summed E-state index contributed by atoms with van der Waals surface area (Å²) >= 11 is 3.41. The topological polar surface area (TPSA) is 3.24 Å². The van der Waals surface area contributed by atoms with Gasteiger partial charge in [-0.25, -0.2) is 8.78 Å². The predicted octanol–water partition coefficient (Wildman–Crippen LogP) is 3.14. The summed E-state index contributed by atoms with van der Waals surface area (Å²) in [6.07, 6.45) is 0.670. The van der Waals surface area contributed by atoms with Gasteiger partial charge in [0.05, 0.1) is 6.54 Å². The Labute approximate surface area is 93.0 Å². The van der Waals surface area contributed by atoms with Crippen molar-refractivity contribution in [2.24, 2.45) is 5.41 Å². The normalized spacial score (nSPS) is 23.8. The lowest BCUT2D eigenvalue weighted by atomic mass is 9.94. The van der Waals surface area contributed by atoms with Gasteiger partial charge in [-0.2, -0.15) is 0 Å². The van der Waals surface area contributed by atoms with E-state index in [1.165, 1.54) is 0 Å². The Bertz CT molecular complexity index is 195. The van der Waals surface area contributed by atoms with Gasteiger partial charge >= 0.3 is 0 Å². The Morgan fingerprint density at radius 2 is 2.07 bits per heavy atom. The first kappa shape index (κ1) is 12.4. The molecule has 0 radical (unpaired) electrons. The number of rotatable bonds is 3. The summed E-state index contributed by atoms with van der Waals surface area (Å²) in [5.74, 6) is -2.47. The fourth-order valence-corrected chi connectivity index (χ4v) is 2.01. The molecule has 14 heavy (non-hydrogen) atoms. The van der Waals surface area contributed by atoms with Crippen LogP contribution in [0, 0.1) is 5.41 Å². The minimum Gasteiger partial charge on any atom is -0.297 e. The maximum Gasteiger partial charge on any atom is 0.260 e. The van der Waals surface area contributed by atoms with E-state index in [0.29, 0.717) is 6.42 Å². The zero-order valence-electron chi connectivity index (χ0n) is 8.82. The van der Waals surface area contributed by atoms with Gasteiger partial charge in [-0.15, -0.1) is 0 Å². The van der Waals surface area contributed by atoms with Crippen LogP contribution in [-0.2, 0) is 0 Å². The average Bonchev–Trinajstić information content (AvgIpc) is 2.01. The van der Waals surface area contributed by atoms with Gasteiger partial charge < -0.3 is 0 Å². The number of hydrogen-bond acceptors (Lipinski definition) is 1. The molecule has 4 heteroatoms. The van der Waals surface area contributed by atoms with Crippen molar-refractivity contribution in [3.05, 3.63) is 0 Å². The number of likely N-dealkylation sites (tertiary alicyclic amines) is 1. The lowest BCUT2D eigenvalue weighted by Crippen LogP contribution is -2.46. The Kier molecular flexibility index (Phi) is 3.92. The molecule has 1 fully saturated rings. The van der Waals surface area contributed by atoms with Crippen molar-refractivity contribution >= 4 is 15.9 Å². The molecular formula is C10H18BrF2N. The minimum atomic E-state index is -2.47. The number of halogens is 3. The quantitative estimate of drug-likeness (QED) is 0.712. The van der Waals surface area contributed by atoms with Crippen LogP contribution in [0.3, 0.4) is 0 Å². The smallest absolute Gasteiger partial charge is 0.260 e. The zero-order chi connectivity index (χ0) is 10.8. The minimum absolute atomic E-state index is 0.0538. The highest BCUT2D eigenvalue weighted by Gasteiger charge is 2.36. The second kappa shape index (κ2) is 4.44. The van der Waals surface area contributed by atoms with E-state index < -0.39 is 5.92 Å². The maximum absolute atomic E-state index is 13.1. The van der Waals surface area contributed by atoms with E-state index in [9.17, 15) is 8.78 Å². The maximum atomic E-state index is 13.1. The average molecular weight is 270 g/mol. The van der Waals surface area contributed by atoms with Crippen molar-refractivity contribution in [2.75, 3.05) is 25.0 Å². The highest BCUT2D eigenvalue weighted by Crippen LogP contribution is 2.29. The molecule has 0 aromatic heterocycles. The highest BCUT2D eigenvalue weighted by molar-refractivity contribution is 9.09. The summed E-state index contributed by atoms with van der Waals surface area (Å²) in [6, 6.07) is 0. The molecule has 84 valence electrons. The Hall–Kier alpha value is 0.300. The molecule has 1 rings (SSSR count). The van der Waals surface area contributed by atoms with E-state index in [1.807, 2.05) is 4.90 Å². The van der Waals surface area contributed by atoms with Gasteiger partial charge in [0, 0.05) is 18.3 Å². The monoisotopic (exact) mass is 269 g/mol. The Balaban J connectivity index is 2.46. The molecule has 0 unspecified atom stereocenters. The van der Waals surface area contributed by atoms with E-state index in [4.69, 9.17) is 0 Å². The van der Waals surface area contributed by atoms with E-state index in [0.717, 1.165) is 18.4 Å². The first-order valence-electron chi connectivity index (χ1n) is 5.01. The molecule has 1 heterocycles. The second-order valence-corrected chi connectivity index (χ2v) is 5.53. The van der Waals surface area contributed by atoms with Crippen molar-refractivity contribution in [1.29, 1.82) is 0 Å². The van der Waals surface area contributed by atoms with Crippen LogP contribution in [0.5, 0.6) is 0 Å². The second-order valence-electron chi connectivity index (χ2n) is 4.97. The van der Waals surface area contributed by atoms with Crippen LogP contribution < -0.4 is 0 Å². The van der Waals surface area contributed by atoms with Gasteiger partial charge in [-0.3, -0.25) is 4.90 Å². The highest BCUT2D eigenvalue weighted by atomic mass is 79.9. The SMILES string of the molecule is CC(C)(CBr)CN1CCCC(F)(F)C1. The van der Waals surface area contributed by atoms with Crippen molar-refractivity contribution < 1.29 is 8.78 Å². The molecule has 0 aliphatic carbocycles. The van der Waals surface area contributed by atoms with Crippen LogP contribution in [0.4, 0.5) is 8.78 Å².